The SMILES string of the molecule is CC=COC1CCC(C2[OH+]C3CC(O[C@@H]4O[C@H](CO)[C@@H](O)[C@H](O)[C@H]4O[C@@H]4O[C@H](CO)[C@@H](O)[C@H](O)[C@H]4O)CC(O)C3CC2O)CC1C. The Morgan fingerprint density at radius 3 is 2.07 bits per heavy atom. The number of fused-ring (bicyclic) bond motifs is 1. The van der Waals surface area contributed by atoms with E-state index in [1.807, 2.05) is 13.0 Å². The summed E-state index contributed by atoms with van der Waals surface area (Å²) in [7, 11) is 0. The molecule has 0 aromatic heterocycles. The van der Waals surface area contributed by atoms with Crippen LogP contribution in [0.1, 0.15) is 52.4 Å². The van der Waals surface area contributed by atoms with Gasteiger partial charge in [0.2, 0.25) is 0 Å². The van der Waals surface area contributed by atoms with Crippen LogP contribution >= 0.6 is 0 Å². The smallest absolute Gasteiger partial charge is 0.187 e. The summed E-state index contributed by atoms with van der Waals surface area (Å²) in [6, 6.07) is 0. The van der Waals surface area contributed by atoms with Crippen molar-refractivity contribution in [3.63, 3.8) is 0 Å². The summed E-state index contributed by atoms with van der Waals surface area (Å²) in [5.74, 6) is 0.173. The molecule has 3 saturated heterocycles. The lowest BCUT2D eigenvalue weighted by molar-refractivity contribution is -0.376. The third kappa shape index (κ3) is 7.58. The van der Waals surface area contributed by atoms with Crippen molar-refractivity contribution in [2.24, 2.45) is 17.8 Å². The van der Waals surface area contributed by atoms with Gasteiger partial charge in [-0.25, -0.2) is 0 Å². The maximum absolute atomic E-state index is 11.1. The van der Waals surface area contributed by atoms with Gasteiger partial charge in [-0.05, 0) is 38.5 Å². The van der Waals surface area contributed by atoms with E-state index >= 15 is 0 Å². The first-order chi connectivity index (χ1) is 22.0. The quantitative estimate of drug-likeness (QED) is 0.0890. The van der Waals surface area contributed by atoms with E-state index in [1.54, 1.807) is 6.26 Å². The lowest BCUT2D eigenvalue weighted by Crippen LogP contribution is -2.65. The van der Waals surface area contributed by atoms with E-state index in [4.69, 9.17) is 28.4 Å². The van der Waals surface area contributed by atoms with E-state index in [-0.39, 0.29) is 42.5 Å². The molecular weight excluding hydrogens is 612 g/mol. The first-order valence-corrected chi connectivity index (χ1v) is 16.5. The van der Waals surface area contributed by atoms with Crippen molar-refractivity contribution >= 4 is 0 Å². The first-order valence-electron chi connectivity index (χ1n) is 16.5. The lowest BCUT2D eigenvalue weighted by Gasteiger charge is -2.48. The normalized spacial score (nSPS) is 51.9. The van der Waals surface area contributed by atoms with Gasteiger partial charge in [-0.3, -0.25) is 0 Å². The predicted molar refractivity (Wildman–Crippen MR) is 157 cm³/mol. The molecule has 0 radical (unpaired) electrons. The highest BCUT2D eigenvalue weighted by Crippen LogP contribution is 2.43. The van der Waals surface area contributed by atoms with Crippen LogP contribution in [0.5, 0.6) is 0 Å². The van der Waals surface area contributed by atoms with E-state index in [9.17, 15) is 46.0 Å². The zero-order chi connectivity index (χ0) is 33.3. The highest BCUT2D eigenvalue weighted by atomic mass is 16.8. The molecule has 0 aromatic rings. The molecular formula is C31H53O15+. The van der Waals surface area contributed by atoms with E-state index < -0.39 is 92.9 Å². The number of hydrogen-bond acceptors (Lipinski definition) is 14. The van der Waals surface area contributed by atoms with Gasteiger partial charge in [0.25, 0.3) is 0 Å². The molecule has 0 amide bonds. The van der Waals surface area contributed by atoms with Crippen LogP contribution in [0.2, 0.25) is 0 Å². The van der Waals surface area contributed by atoms with Crippen LogP contribution in [0.15, 0.2) is 12.3 Å². The third-order valence-corrected chi connectivity index (χ3v) is 10.6. The summed E-state index contributed by atoms with van der Waals surface area (Å²) >= 11 is 0. The molecule has 3 heterocycles. The van der Waals surface area contributed by atoms with Crippen molar-refractivity contribution in [1.29, 1.82) is 0 Å². The van der Waals surface area contributed by atoms with Crippen LogP contribution in [0.4, 0.5) is 0 Å². The van der Waals surface area contributed by atoms with E-state index in [2.05, 4.69) is 6.92 Å². The number of aliphatic hydroxyl groups is 11. The van der Waals surface area contributed by atoms with Crippen LogP contribution < -0.4 is 0 Å². The molecule has 0 spiro atoms. The molecule has 2 saturated carbocycles. The fraction of sp³-hybridized carbons (Fsp3) is 0.935. The number of rotatable bonds is 9. The minimum absolute atomic E-state index is 0.112. The fourth-order valence-corrected chi connectivity index (χ4v) is 7.95. The Balaban J connectivity index is 1.27. The summed E-state index contributed by atoms with van der Waals surface area (Å²) in [6.45, 7) is 2.70. The van der Waals surface area contributed by atoms with E-state index in [0.717, 1.165) is 19.3 Å². The summed E-state index contributed by atoms with van der Waals surface area (Å²) in [5, 5.41) is 94.0. The molecule has 5 aliphatic rings. The summed E-state index contributed by atoms with van der Waals surface area (Å²) < 4.78 is 34.2. The highest BCUT2D eigenvalue weighted by molar-refractivity contribution is 4.98. The molecule has 46 heavy (non-hydrogen) atoms. The molecule has 266 valence electrons. The second-order valence-electron chi connectivity index (χ2n) is 13.7. The molecule has 15 nitrogen and oxygen atoms in total. The topological polar surface area (TPSA) is 241 Å². The van der Waals surface area contributed by atoms with Crippen LogP contribution in [0, 0.1) is 17.8 Å². The Bertz CT molecular complexity index is 986. The molecule has 0 bridgehead atoms. The van der Waals surface area contributed by atoms with Crippen molar-refractivity contribution in [2.45, 2.75) is 150 Å². The largest absolute Gasteiger partial charge is 0.498 e. The van der Waals surface area contributed by atoms with Gasteiger partial charge in [0.05, 0.1) is 37.6 Å². The number of allylic oxidation sites excluding steroid dienone is 1. The molecule has 5 rings (SSSR count). The van der Waals surface area contributed by atoms with Crippen molar-refractivity contribution in [1.82, 2.24) is 0 Å². The minimum Gasteiger partial charge on any atom is -0.498 e. The standard InChI is InChI=1S/C31H52O15/c1-3-6-41-19-5-4-14(7-13(19)2)28-18(35)10-16-17(34)8-15(9-20(16)43-28)42-31-29(26(39)24(37)22(12-33)45-31)46-30-27(40)25(38)23(36)21(11-32)44-30/h3,6,13-40H,4-5,7-12H2,1-2H3/p+1/t13?,14?,15?,16?,17?,18?,19?,20?,21-,22-,23-,24-,25+,26+,27-,28?,29-,30+,31-/m1/s1. The summed E-state index contributed by atoms with van der Waals surface area (Å²) in [4.78, 5) is 0. The average molecular weight is 666 g/mol. The van der Waals surface area contributed by atoms with E-state index in [0.29, 0.717) is 12.8 Å². The number of hydrogen-bond donors (Lipinski definition) is 9. The zero-order valence-electron chi connectivity index (χ0n) is 26.3. The first kappa shape index (κ1) is 36.3. The van der Waals surface area contributed by atoms with Gasteiger partial charge in [-0.15, -0.1) is 0 Å². The lowest BCUT2D eigenvalue weighted by atomic mass is 9.71. The zero-order valence-corrected chi connectivity index (χ0v) is 26.3. The second kappa shape index (κ2) is 15.7. The van der Waals surface area contributed by atoms with Crippen molar-refractivity contribution < 1.29 is 74.4 Å². The Kier molecular flexibility index (Phi) is 12.4. The van der Waals surface area contributed by atoms with Gasteiger partial charge in [0.1, 0.15) is 61.0 Å². The van der Waals surface area contributed by atoms with Gasteiger partial charge in [-0.2, -0.15) is 0 Å². The maximum atomic E-state index is 11.1. The number of ether oxygens (including phenoxy) is 6. The highest BCUT2D eigenvalue weighted by Gasteiger charge is 2.55. The summed E-state index contributed by atoms with van der Waals surface area (Å²) in [5.41, 5.74) is 0. The Morgan fingerprint density at radius 1 is 0.739 bits per heavy atom. The van der Waals surface area contributed by atoms with Crippen LogP contribution in [-0.4, -0.2) is 162 Å². The monoisotopic (exact) mass is 665 g/mol. The van der Waals surface area contributed by atoms with Gasteiger partial charge in [-0.1, -0.05) is 13.0 Å². The van der Waals surface area contributed by atoms with Crippen LogP contribution in [0.3, 0.4) is 0 Å². The van der Waals surface area contributed by atoms with Gasteiger partial charge in [0, 0.05) is 18.8 Å². The molecule has 3 aliphatic heterocycles. The Hall–Kier alpha value is -1.02. The molecule has 0 aromatic carbocycles. The van der Waals surface area contributed by atoms with Crippen molar-refractivity contribution in [3.05, 3.63) is 12.3 Å². The van der Waals surface area contributed by atoms with Crippen LogP contribution in [0.25, 0.3) is 0 Å². The molecule has 15 heteroatoms. The maximum Gasteiger partial charge on any atom is 0.187 e. The fourth-order valence-electron chi connectivity index (χ4n) is 7.95. The van der Waals surface area contributed by atoms with Gasteiger partial charge < -0.3 is 74.4 Å². The van der Waals surface area contributed by atoms with Crippen molar-refractivity contribution in [3.8, 4) is 0 Å². The van der Waals surface area contributed by atoms with Gasteiger partial charge in [0.15, 0.2) is 24.8 Å². The summed E-state index contributed by atoms with van der Waals surface area (Å²) in [6.07, 6.45) is -11.2. The number of aliphatic hydroxyl groups excluding tert-OH is 9. The molecule has 2 aliphatic carbocycles. The third-order valence-electron chi connectivity index (χ3n) is 10.6. The predicted octanol–water partition coefficient (Wildman–Crippen LogP) is -2.85. The molecule has 10 N–H and O–H groups in total. The Morgan fingerprint density at radius 2 is 1.41 bits per heavy atom. The Labute approximate surface area is 268 Å². The second-order valence-corrected chi connectivity index (χ2v) is 13.7. The van der Waals surface area contributed by atoms with E-state index in [1.165, 1.54) is 0 Å². The molecule has 5 fully saturated rings. The van der Waals surface area contributed by atoms with Crippen molar-refractivity contribution in [2.75, 3.05) is 13.2 Å². The molecule has 19 atom stereocenters. The van der Waals surface area contributed by atoms with Gasteiger partial charge >= 0.3 is 0 Å². The van der Waals surface area contributed by atoms with Crippen LogP contribution in [-0.2, 0) is 23.7 Å². The minimum atomic E-state index is -1.78. The molecule has 9 unspecified atom stereocenters. The average Bonchev–Trinajstić information content (AvgIpc) is 3.04.